The lowest BCUT2D eigenvalue weighted by atomic mass is 10.3. The van der Waals surface area contributed by atoms with Gasteiger partial charge in [0.1, 0.15) is 22.3 Å². The standard InChI is InChI=1S/C18H18FN3O5S2/c1-13-20-18(12-21(13)2)29(25,26)27-15-10-8-14(9-11-15)22(3)28(23,24)17-7-5-4-6-16(17)19/h4-12H,1-3H3. The van der Waals surface area contributed by atoms with E-state index in [0.29, 0.717) is 5.82 Å². The van der Waals surface area contributed by atoms with Crippen molar-refractivity contribution in [3.05, 3.63) is 66.4 Å². The molecule has 0 atom stereocenters. The minimum absolute atomic E-state index is 0.0197. The number of rotatable bonds is 6. The van der Waals surface area contributed by atoms with E-state index in [1.807, 2.05) is 0 Å². The maximum Gasteiger partial charge on any atom is 0.358 e. The van der Waals surface area contributed by atoms with Crippen LogP contribution in [-0.4, -0.2) is 33.4 Å². The molecular formula is C18H18FN3O5S2. The molecule has 0 aliphatic rings. The van der Waals surface area contributed by atoms with Gasteiger partial charge in [-0.2, -0.15) is 8.42 Å². The smallest absolute Gasteiger partial charge is 0.358 e. The molecule has 0 amide bonds. The van der Waals surface area contributed by atoms with Crippen molar-refractivity contribution in [2.75, 3.05) is 11.4 Å². The second kappa shape index (κ2) is 7.48. The zero-order valence-electron chi connectivity index (χ0n) is 15.8. The summed E-state index contributed by atoms with van der Waals surface area (Å²) in [6.07, 6.45) is 1.33. The molecule has 3 aromatic rings. The van der Waals surface area contributed by atoms with Crippen LogP contribution in [0.3, 0.4) is 0 Å². The van der Waals surface area contributed by atoms with Crippen LogP contribution < -0.4 is 8.49 Å². The molecule has 8 nitrogen and oxygen atoms in total. The highest BCUT2D eigenvalue weighted by atomic mass is 32.2. The fraction of sp³-hybridized carbons (Fsp3) is 0.167. The van der Waals surface area contributed by atoms with Crippen LogP contribution in [0.4, 0.5) is 10.1 Å². The Kier molecular flexibility index (Phi) is 5.37. The van der Waals surface area contributed by atoms with E-state index in [4.69, 9.17) is 4.18 Å². The number of hydrogen-bond donors (Lipinski definition) is 0. The first-order chi connectivity index (χ1) is 13.5. The van der Waals surface area contributed by atoms with Crippen LogP contribution in [0.1, 0.15) is 5.82 Å². The fourth-order valence-corrected chi connectivity index (χ4v) is 4.71. The summed E-state index contributed by atoms with van der Waals surface area (Å²) in [7, 11) is -5.34. The van der Waals surface area contributed by atoms with Crippen LogP contribution in [0, 0.1) is 12.7 Å². The van der Waals surface area contributed by atoms with Gasteiger partial charge < -0.3 is 8.75 Å². The number of halogens is 1. The number of imidazole rings is 1. The number of benzene rings is 2. The van der Waals surface area contributed by atoms with Gasteiger partial charge in [0.15, 0.2) is 0 Å². The van der Waals surface area contributed by atoms with Crippen molar-refractivity contribution in [2.24, 2.45) is 7.05 Å². The van der Waals surface area contributed by atoms with Crippen molar-refractivity contribution in [1.29, 1.82) is 0 Å². The predicted molar refractivity (Wildman–Crippen MR) is 104 cm³/mol. The van der Waals surface area contributed by atoms with Crippen LogP contribution in [-0.2, 0) is 27.2 Å². The van der Waals surface area contributed by atoms with E-state index in [2.05, 4.69) is 4.98 Å². The van der Waals surface area contributed by atoms with Gasteiger partial charge in [0.05, 0.1) is 5.69 Å². The first-order valence-corrected chi connectivity index (χ1v) is 11.2. The molecule has 154 valence electrons. The van der Waals surface area contributed by atoms with Crippen molar-refractivity contribution >= 4 is 25.8 Å². The van der Waals surface area contributed by atoms with Gasteiger partial charge in [-0.05, 0) is 43.3 Å². The zero-order valence-corrected chi connectivity index (χ0v) is 17.4. The lowest BCUT2D eigenvalue weighted by Gasteiger charge is -2.20. The Hall–Kier alpha value is -2.92. The van der Waals surface area contributed by atoms with Crippen LogP contribution >= 0.6 is 0 Å². The van der Waals surface area contributed by atoms with Crippen LogP contribution in [0.25, 0.3) is 0 Å². The van der Waals surface area contributed by atoms with Gasteiger partial charge in [0, 0.05) is 20.3 Å². The molecule has 2 aromatic carbocycles. The Morgan fingerprint density at radius 1 is 1.03 bits per heavy atom. The van der Waals surface area contributed by atoms with Crippen molar-refractivity contribution in [1.82, 2.24) is 9.55 Å². The van der Waals surface area contributed by atoms with E-state index in [-0.39, 0.29) is 16.5 Å². The molecule has 29 heavy (non-hydrogen) atoms. The van der Waals surface area contributed by atoms with Crippen LogP contribution in [0.2, 0.25) is 0 Å². The molecule has 0 saturated heterocycles. The quantitative estimate of drug-likeness (QED) is 0.547. The summed E-state index contributed by atoms with van der Waals surface area (Å²) in [5, 5.41) is -0.235. The van der Waals surface area contributed by atoms with E-state index >= 15 is 0 Å². The molecule has 0 aliphatic heterocycles. The molecule has 11 heteroatoms. The van der Waals surface area contributed by atoms with E-state index in [1.165, 1.54) is 55.7 Å². The molecule has 0 saturated carbocycles. The third-order valence-corrected chi connectivity index (χ3v) is 7.16. The maximum atomic E-state index is 13.9. The Morgan fingerprint density at radius 2 is 1.66 bits per heavy atom. The number of aromatic nitrogens is 2. The minimum Gasteiger partial charge on any atom is -0.378 e. The highest BCUT2D eigenvalue weighted by Crippen LogP contribution is 2.26. The average Bonchev–Trinajstić information content (AvgIpc) is 3.01. The van der Waals surface area contributed by atoms with E-state index in [1.54, 1.807) is 18.5 Å². The Labute approximate surface area is 168 Å². The summed E-state index contributed by atoms with van der Waals surface area (Å²) in [4.78, 5) is 3.46. The van der Waals surface area contributed by atoms with Gasteiger partial charge in [-0.25, -0.2) is 17.8 Å². The fourth-order valence-electron chi connectivity index (χ4n) is 2.47. The highest BCUT2D eigenvalue weighted by Gasteiger charge is 2.25. The van der Waals surface area contributed by atoms with Crippen LogP contribution in [0.15, 0.2) is 64.6 Å². The average molecular weight is 439 g/mol. The minimum atomic E-state index is -4.14. The first-order valence-electron chi connectivity index (χ1n) is 8.30. The molecule has 0 radical (unpaired) electrons. The van der Waals surface area contributed by atoms with Gasteiger partial charge in [0.2, 0.25) is 5.03 Å². The molecule has 1 heterocycles. The SMILES string of the molecule is Cc1nc(S(=O)(=O)Oc2ccc(N(C)S(=O)(=O)c3ccccc3F)cc2)cn1C. The molecule has 3 rings (SSSR count). The van der Waals surface area contributed by atoms with Gasteiger partial charge >= 0.3 is 10.1 Å². The lowest BCUT2D eigenvalue weighted by Crippen LogP contribution is -2.27. The maximum absolute atomic E-state index is 13.9. The summed E-state index contributed by atoms with van der Waals surface area (Å²) in [5.41, 5.74) is 0.201. The third kappa shape index (κ3) is 4.10. The normalized spacial score (nSPS) is 12.0. The number of anilines is 1. The monoisotopic (exact) mass is 439 g/mol. The number of hydrogen-bond acceptors (Lipinski definition) is 6. The lowest BCUT2D eigenvalue weighted by molar-refractivity contribution is 0.482. The first kappa shape index (κ1) is 20.8. The third-order valence-electron chi connectivity index (χ3n) is 4.22. The summed E-state index contributed by atoms with van der Waals surface area (Å²) in [6.45, 7) is 1.65. The molecular weight excluding hydrogens is 421 g/mol. The van der Waals surface area contributed by atoms with Gasteiger partial charge in [-0.15, -0.1) is 0 Å². The highest BCUT2D eigenvalue weighted by molar-refractivity contribution is 7.92. The van der Waals surface area contributed by atoms with Crippen LogP contribution in [0.5, 0.6) is 5.75 Å². The Bertz CT molecular complexity index is 1230. The van der Waals surface area contributed by atoms with Gasteiger partial charge in [-0.1, -0.05) is 12.1 Å². The second-order valence-corrected chi connectivity index (χ2v) is 9.60. The second-order valence-electron chi connectivity index (χ2n) is 6.17. The van der Waals surface area contributed by atoms with Crippen molar-refractivity contribution < 1.29 is 25.4 Å². The largest absolute Gasteiger partial charge is 0.378 e. The molecule has 0 bridgehead atoms. The van der Waals surface area contributed by atoms with Crippen molar-refractivity contribution in [3.8, 4) is 5.75 Å². The predicted octanol–water partition coefficient (Wildman–Crippen LogP) is 2.46. The molecule has 1 aromatic heterocycles. The summed E-state index contributed by atoms with van der Waals surface area (Å²) in [6, 6.07) is 10.4. The Balaban J connectivity index is 1.84. The molecule has 0 N–H and O–H groups in total. The molecule has 0 fully saturated rings. The molecule has 0 unspecified atom stereocenters. The van der Waals surface area contributed by atoms with E-state index in [9.17, 15) is 21.2 Å². The van der Waals surface area contributed by atoms with Gasteiger partial charge in [0.25, 0.3) is 10.0 Å². The van der Waals surface area contributed by atoms with Crippen molar-refractivity contribution in [2.45, 2.75) is 16.8 Å². The topological polar surface area (TPSA) is 98.6 Å². The number of aryl methyl sites for hydroxylation is 2. The zero-order chi connectivity index (χ0) is 21.4. The Morgan fingerprint density at radius 3 is 2.21 bits per heavy atom. The molecule has 0 aliphatic carbocycles. The van der Waals surface area contributed by atoms with Gasteiger partial charge in [-0.3, -0.25) is 4.31 Å². The van der Waals surface area contributed by atoms with Crippen molar-refractivity contribution in [3.63, 3.8) is 0 Å². The van der Waals surface area contributed by atoms with E-state index < -0.39 is 30.9 Å². The molecule has 0 spiro atoms. The van der Waals surface area contributed by atoms with E-state index in [0.717, 1.165) is 10.4 Å². The summed E-state index contributed by atoms with van der Waals surface area (Å²) < 4.78 is 71.3. The summed E-state index contributed by atoms with van der Waals surface area (Å²) >= 11 is 0. The number of sulfonamides is 1. The summed E-state index contributed by atoms with van der Waals surface area (Å²) in [5.74, 6) is -0.382. The number of nitrogens with zero attached hydrogens (tertiary/aromatic N) is 3.